The highest BCUT2D eigenvalue weighted by atomic mass is 35.5. The van der Waals surface area contributed by atoms with Gasteiger partial charge >= 0.3 is 0 Å². The predicted octanol–water partition coefficient (Wildman–Crippen LogP) is 2.53. The van der Waals surface area contributed by atoms with Gasteiger partial charge in [-0.1, -0.05) is 24.6 Å². The number of anilines is 3. The first kappa shape index (κ1) is 26.1. The zero-order valence-electron chi connectivity index (χ0n) is 18.3. The van der Waals surface area contributed by atoms with Crippen molar-refractivity contribution in [2.75, 3.05) is 22.9 Å². The minimum atomic E-state index is -0.506. The van der Waals surface area contributed by atoms with Crippen LogP contribution in [0.25, 0.3) is 11.2 Å². The summed E-state index contributed by atoms with van der Waals surface area (Å²) in [6.45, 7) is 2.47. The third-order valence-corrected chi connectivity index (χ3v) is 5.98. The van der Waals surface area contributed by atoms with Crippen LogP contribution >= 0.6 is 38.6 Å². The minimum absolute atomic E-state index is 0. The minimum Gasteiger partial charge on any atom is -0.382 e. The zero-order chi connectivity index (χ0) is 23.4. The fraction of sp³-hybridized carbons (Fsp3) is 0.190. The molecule has 10 nitrogen and oxygen atoms in total. The summed E-state index contributed by atoms with van der Waals surface area (Å²) in [4.78, 5) is 23.4. The first-order valence-corrected chi connectivity index (χ1v) is 10.3. The van der Waals surface area contributed by atoms with Crippen LogP contribution in [0.3, 0.4) is 0 Å². The molecule has 5 rings (SSSR count). The number of nitrogen functional groups attached to an aromatic ring is 2. The van der Waals surface area contributed by atoms with Gasteiger partial charge < -0.3 is 16.4 Å². The van der Waals surface area contributed by atoms with Gasteiger partial charge in [-0.15, -0.1) is 0 Å². The Balaban J connectivity index is 0.00000171. The normalized spacial score (nSPS) is 16.7. The number of hydrogen-bond donors (Lipinski definition) is 2. The zero-order valence-corrected chi connectivity index (χ0v) is 21.0. The second-order valence-corrected chi connectivity index (χ2v) is 8.19. The van der Waals surface area contributed by atoms with E-state index >= 15 is 0 Å². The Morgan fingerprint density at radius 3 is 2.63 bits per heavy atom. The van der Waals surface area contributed by atoms with Crippen molar-refractivity contribution in [3.63, 3.8) is 0 Å². The predicted molar refractivity (Wildman–Crippen MR) is 141 cm³/mol. The number of benzene rings is 1. The van der Waals surface area contributed by atoms with E-state index in [1.54, 1.807) is 23.2 Å². The van der Waals surface area contributed by atoms with E-state index in [2.05, 4.69) is 15.1 Å². The topological polar surface area (TPSA) is 144 Å². The van der Waals surface area contributed by atoms with Gasteiger partial charge in [-0.05, 0) is 24.3 Å². The fourth-order valence-corrected chi connectivity index (χ4v) is 4.43. The monoisotopic (exact) mass is 533 g/mol. The Morgan fingerprint density at radius 2 is 1.97 bits per heavy atom. The number of rotatable bonds is 3. The number of nitriles is 1. The summed E-state index contributed by atoms with van der Waals surface area (Å²) in [5.74, 6) is -0.0538. The van der Waals surface area contributed by atoms with E-state index in [1.165, 1.54) is 27.3 Å². The Morgan fingerprint density at radius 1 is 1.23 bits per heavy atom. The average Bonchev–Trinajstić information content (AvgIpc) is 3.12. The molecule has 182 valence electrons. The van der Waals surface area contributed by atoms with E-state index in [9.17, 15) is 14.4 Å². The average molecular weight is 534 g/mol. The van der Waals surface area contributed by atoms with Crippen molar-refractivity contribution in [1.82, 2.24) is 24.1 Å². The maximum atomic E-state index is 14.1. The van der Waals surface area contributed by atoms with Crippen molar-refractivity contribution in [2.45, 2.75) is 13.0 Å². The first-order valence-electron chi connectivity index (χ1n) is 9.95. The van der Waals surface area contributed by atoms with Gasteiger partial charge in [0, 0.05) is 18.7 Å². The maximum absolute atomic E-state index is 14.1. The highest BCUT2D eigenvalue weighted by Gasteiger charge is 2.43. The van der Waals surface area contributed by atoms with Crippen molar-refractivity contribution >= 4 is 61.7 Å². The molecule has 0 bridgehead atoms. The molecule has 1 fully saturated rings. The van der Waals surface area contributed by atoms with Crippen molar-refractivity contribution < 1.29 is 4.39 Å². The first-order chi connectivity index (χ1) is 15.8. The molecule has 3 aromatic heterocycles. The Kier molecular flexibility index (Phi) is 7.21. The number of nitrogens with two attached hydrogens (primary N) is 2. The SMILES string of the molecule is C[C@H]1CN(c2nc(N)nc(N)c2C#N)C1c1nn2ccc(Cl)c2c(=O)n1-c1cccc(F)c1.S.S. The molecule has 4 aromatic rings. The Labute approximate surface area is 217 Å². The molecule has 14 heteroatoms. The van der Waals surface area contributed by atoms with Crippen molar-refractivity contribution in [1.29, 1.82) is 5.26 Å². The second-order valence-electron chi connectivity index (χ2n) is 7.79. The Hall–Kier alpha value is -3.47. The smallest absolute Gasteiger partial charge is 0.284 e. The van der Waals surface area contributed by atoms with Gasteiger partial charge in [0.15, 0.2) is 11.6 Å². The van der Waals surface area contributed by atoms with E-state index in [-0.39, 0.29) is 66.6 Å². The van der Waals surface area contributed by atoms with E-state index in [1.807, 2.05) is 13.0 Å². The van der Waals surface area contributed by atoms with E-state index in [0.717, 1.165) is 0 Å². The summed E-state index contributed by atoms with van der Waals surface area (Å²) >= 11 is 6.24. The van der Waals surface area contributed by atoms with Gasteiger partial charge in [-0.25, -0.2) is 8.91 Å². The molecular formula is C21H21ClFN9OS2. The van der Waals surface area contributed by atoms with Gasteiger partial charge in [-0.2, -0.15) is 47.3 Å². The molecule has 0 amide bonds. The molecular weight excluding hydrogens is 513 g/mol. The van der Waals surface area contributed by atoms with Crippen LogP contribution < -0.4 is 21.9 Å². The summed E-state index contributed by atoms with van der Waals surface area (Å²) in [5, 5.41) is 14.5. The van der Waals surface area contributed by atoms with Crippen LogP contribution in [-0.2, 0) is 0 Å². The fourth-order valence-electron chi connectivity index (χ4n) is 4.21. The molecule has 1 unspecified atom stereocenters. The van der Waals surface area contributed by atoms with Crippen molar-refractivity contribution in [3.05, 3.63) is 69.1 Å². The third kappa shape index (κ3) is 4.13. The lowest BCUT2D eigenvalue weighted by Crippen LogP contribution is -2.52. The number of aromatic nitrogens is 5. The summed E-state index contributed by atoms with van der Waals surface area (Å²) in [6.07, 6.45) is 1.58. The number of hydrogen-bond acceptors (Lipinski definition) is 8. The molecule has 0 saturated carbocycles. The van der Waals surface area contributed by atoms with Gasteiger partial charge in [0.25, 0.3) is 5.56 Å². The molecule has 35 heavy (non-hydrogen) atoms. The molecule has 1 aliphatic rings. The largest absolute Gasteiger partial charge is 0.382 e. The molecule has 0 spiro atoms. The summed E-state index contributed by atoms with van der Waals surface area (Å²) in [6, 6.07) is 8.73. The van der Waals surface area contributed by atoms with E-state index in [0.29, 0.717) is 18.1 Å². The highest BCUT2D eigenvalue weighted by Crippen LogP contribution is 2.42. The molecule has 0 radical (unpaired) electrons. The third-order valence-electron chi connectivity index (χ3n) is 5.67. The molecule has 1 aromatic carbocycles. The van der Waals surface area contributed by atoms with E-state index in [4.69, 9.17) is 23.1 Å². The van der Waals surface area contributed by atoms with Crippen LogP contribution in [0.4, 0.5) is 22.0 Å². The summed E-state index contributed by atoms with van der Waals surface area (Å²) < 4.78 is 16.8. The van der Waals surface area contributed by atoms with Gasteiger partial charge in [0.05, 0.1) is 16.8 Å². The lowest BCUT2D eigenvalue weighted by atomic mass is 9.88. The number of nitrogens with zero attached hydrogens (tertiary/aromatic N) is 7. The summed E-state index contributed by atoms with van der Waals surface area (Å²) in [7, 11) is 0. The highest BCUT2D eigenvalue weighted by molar-refractivity contribution is 7.59. The molecule has 1 aliphatic heterocycles. The Bertz CT molecular complexity index is 1530. The standard InChI is InChI=1S/C21H17ClFN9O.2H2S/c1-10-9-30(18-13(8-24)17(25)27-21(26)28-18)15(10)19-29-31-6-5-14(22)16(31)20(33)32(19)12-4-2-3-11(23)7-12;;/h2-7,10,15H,9H2,1H3,(H4,25,26,27,28);2*1H2/t10-,15?;;/m0../s1. The summed E-state index contributed by atoms with van der Waals surface area (Å²) in [5.41, 5.74) is 11.8. The van der Waals surface area contributed by atoms with Crippen LogP contribution in [0.15, 0.2) is 41.3 Å². The van der Waals surface area contributed by atoms with Crippen LogP contribution in [0.5, 0.6) is 0 Å². The molecule has 2 atom stereocenters. The van der Waals surface area contributed by atoms with Crippen LogP contribution in [0.2, 0.25) is 5.02 Å². The van der Waals surface area contributed by atoms with E-state index < -0.39 is 17.4 Å². The second kappa shape index (κ2) is 9.65. The molecule has 1 saturated heterocycles. The lowest BCUT2D eigenvalue weighted by Gasteiger charge is -2.47. The molecule has 0 aliphatic carbocycles. The van der Waals surface area contributed by atoms with Crippen LogP contribution in [0, 0.1) is 23.1 Å². The van der Waals surface area contributed by atoms with Crippen molar-refractivity contribution in [2.24, 2.45) is 5.92 Å². The van der Waals surface area contributed by atoms with Gasteiger partial charge in [0.1, 0.15) is 28.8 Å². The molecule has 4 heterocycles. The quantitative estimate of drug-likeness (QED) is 0.408. The number of fused-ring (bicyclic) bond motifs is 1. The van der Waals surface area contributed by atoms with Gasteiger partial charge in [-0.3, -0.25) is 9.36 Å². The van der Waals surface area contributed by atoms with Crippen LogP contribution in [0.1, 0.15) is 24.4 Å². The van der Waals surface area contributed by atoms with Crippen LogP contribution in [-0.4, -0.2) is 30.7 Å². The maximum Gasteiger partial charge on any atom is 0.284 e. The van der Waals surface area contributed by atoms with Crippen molar-refractivity contribution in [3.8, 4) is 11.8 Å². The number of halogens is 2. The lowest BCUT2D eigenvalue weighted by molar-refractivity contribution is 0.300. The van der Waals surface area contributed by atoms with Gasteiger partial charge in [0.2, 0.25) is 5.95 Å². The molecule has 4 N–H and O–H groups in total.